The summed E-state index contributed by atoms with van der Waals surface area (Å²) in [7, 11) is 0. The molecule has 1 fully saturated rings. The van der Waals surface area contributed by atoms with E-state index < -0.39 is 0 Å². The van der Waals surface area contributed by atoms with E-state index in [1.165, 1.54) is 17.5 Å². The van der Waals surface area contributed by atoms with E-state index >= 15 is 0 Å². The second kappa shape index (κ2) is 5.26. The molecule has 2 heteroatoms. The molecule has 0 aliphatic carbocycles. The van der Waals surface area contributed by atoms with Gasteiger partial charge in [0.15, 0.2) is 0 Å². The van der Waals surface area contributed by atoms with Gasteiger partial charge in [0.1, 0.15) is 0 Å². The van der Waals surface area contributed by atoms with Gasteiger partial charge in [0.2, 0.25) is 0 Å². The van der Waals surface area contributed by atoms with Crippen molar-refractivity contribution in [2.75, 3.05) is 19.8 Å². The highest BCUT2D eigenvalue weighted by atomic mass is 16.5. The summed E-state index contributed by atoms with van der Waals surface area (Å²) in [6, 6.07) is 9.11. The minimum absolute atomic E-state index is 0.0726. The average molecular weight is 261 g/mol. The molecular weight excluding hydrogens is 234 g/mol. The lowest BCUT2D eigenvalue weighted by Gasteiger charge is -2.52. The molecule has 0 radical (unpaired) electrons. The van der Waals surface area contributed by atoms with Gasteiger partial charge in [-0.2, -0.15) is 0 Å². The quantitative estimate of drug-likeness (QED) is 0.881. The highest BCUT2D eigenvalue weighted by Gasteiger charge is 2.51. The molecule has 1 aromatic carbocycles. The maximum absolute atomic E-state index is 5.98. The summed E-state index contributed by atoms with van der Waals surface area (Å²) in [6.45, 7) is 11.3. The van der Waals surface area contributed by atoms with Crippen LogP contribution in [-0.2, 0) is 10.2 Å². The molecule has 1 heterocycles. The molecule has 1 aliphatic heterocycles. The van der Waals surface area contributed by atoms with Crippen LogP contribution in [0.3, 0.4) is 0 Å². The third kappa shape index (κ3) is 2.32. The van der Waals surface area contributed by atoms with Gasteiger partial charge in [0, 0.05) is 5.41 Å². The third-order valence-electron chi connectivity index (χ3n) is 5.15. The zero-order chi connectivity index (χ0) is 14.1. The molecule has 2 rings (SSSR count). The van der Waals surface area contributed by atoms with Gasteiger partial charge in [-0.05, 0) is 35.4 Å². The van der Waals surface area contributed by atoms with Crippen LogP contribution in [0.15, 0.2) is 24.3 Å². The molecule has 0 bridgehead atoms. The number of rotatable bonds is 5. The zero-order valence-electron chi connectivity index (χ0n) is 12.7. The Balaban J connectivity index is 2.30. The standard InChI is InChI=1S/C17H27NO/c1-5-13(2)14-6-8-15(9-7-14)17(11-19-12-17)16(3,4)10-18/h6-9,13H,5,10-12,18H2,1-4H3. The Kier molecular flexibility index (Phi) is 4.03. The third-order valence-corrected chi connectivity index (χ3v) is 5.15. The van der Waals surface area contributed by atoms with Crippen LogP contribution in [0.4, 0.5) is 0 Å². The van der Waals surface area contributed by atoms with Crippen molar-refractivity contribution in [2.24, 2.45) is 11.1 Å². The first-order valence-corrected chi connectivity index (χ1v) is 7.35. The molecule has 2 N–H and O–H groups in total. The van der Waals surface area contributed by atoms with Crippen LogP contribution in [-0.4, -0.2) is 19.8 Å². The topological polar surface area (TPSA) is 35.2 Å². The lowest BCUT2D eigenvalue weighted by molar-refractivity contribution is -0.116. The van der Waals surface area contributed by atoms with E-state index in [1.807, 2.05) is 0 Å². The second-order valence-electron chi connectivity index (χ2n) is 6.59. The Morgan fingerprint density at radius 1 is 1.26 bits per heavy atom. The fourth-order valence-electron chi connectivity index (χ4n) is 2.82. The summed E-state index contributed by atoms with van der Waals surface area (Å²) >= 11 is 0. The molecule has 1 atom stereocenters. The predicted octanol–water partition coefficient (Wildman–Crippen LogP) is 3.45. The van der Waals surface area contributed by atoms with Crippen molar-refractivity contribution >= 4 is 0 Å². The molecule has 19 heavy (non-hydrogen) atoms. The van der Waals surface area contributed by atoms with Crippen LogP contribution in [0, 0.1) is 5.41 Å². The monoisotopic (exact) mass is 261 g/mol. The van der Waals surface area contributed by atoms with Crippen molar-refractivity contribution in [1.29, 1.82) is 0 Å². The Bertz CT molecular complexity index is 417. The first-order chi connectivity index (χ1) is 8.97. The Labute approximate surface area is 117 Å². The van der Waals surface area contributed by atoms with E-state index in [9.17, 15) is 0 Å². The molecule has 1 aliphatic rings. The van der Waals surface area contributed by atoms with E-state index in [0.29, 0.717) is 12.5 Å². The van der Waals surface area contributed by atoms with E-state index in [0.717, 1.165) is 13.2 Å². The van der Waals surface area contributed by atoms with E-state index in [1.54, 1.807) is 0 Å². The van der Waals surface area contributed by atoms with Crippen molar-refractivity contribution in [1.82, 2.24) is 0 Å². The van der Waals surface area contributed by atoms with Gasteiger partial charge in [0.25, 0.3) is 0 Å². The van der Waals surface area contributed by atoms with Crippen molar-refractivity contribution < 1.29 is 4.74 Å². The molecule has 1 saturated heterocycles. The average Bonchev–Trinajstić information content (AvgIpc) is 2.37. The SMILES string of the molecule is CCC(C)c1ccc(C2(C(C)(C)CN)COC2)cc1. The fraction of sp³-hybridized carbons (Fsp3) is 0.647. The minimum atomic E-state index is 0.0726. The Hall–Kier alpha value is -0.860. The van der Waals surface area contributed by atoms with E-state index in [4.69, 9.17) is 10.5 Å². The van der Waals surface area contributed by atoms with Crippen LogP contribution >= 0.6 is 0 Å². The number of hydrogen-bond donors (Lipinski definition) is 1. The number of nitrogens with two attached hydrogens (primary N) is 1. The lowest BCUT2D eigenvalue weighted by atomic mass is 9.60. The molecular formula is C17H27NO. The van der Waals surface area contributed by atoms with Crippen molar-refractivity contribution in [3.05, 3.63) is 35.4 Å². The highest BCUT2D eigenvalue weighted by molar-refractivity contribution is 5.35. The lowest BCUT2D eigenvalue weighted by Crippen LogP contribution is -2.59. The molecule has 1 aromatic rings. The van der Waals surface area contributed by atoms with Crippen molar-refractivity contribution in [2.45, 2.75) is 45.4 Å². The van der Waals surface area contributed by atoms with Crippen LogP contribution in [0.2, 0.25) is 0 Å². The molecule has 2 nitrogen and oxygen atoms in total. The number of benzene rings is 1. The van der Waals surface area contributed by atoms with E-state index in [-0.39, 0.29) is 10.8 Å². The molecule has 0 saturated carbocycles. The second-order valence-corrected chi connectivity index (χ2v) is 6.59. The summed E-state index contributed by atoms with van der Waals surface area (Å²) in [6.07, 6.45) is 1.18. The summed E-state index contributed by atoms with van der Waals surface area (Å²) < 4.78 is 5.52. The molecule has 0 spiro atoms. The van der Waals surface area contributed by atoms with Crippen molar-refractivity contribution in [3.8, 4) is 0 Å². The summed E-state index contributed by atoms with van der Waals surface area (Å²) in [5.41, 5.74) is 8.95. The minimum Gasteiger partial charge on any atom is -0.379 e. The molecule has 0 amide bonds. The molecule has 1 unspecified atom stereocenters. The van der Waals surface area contributed by atoms with Crippen LogP contribution < -0.4 is 5.73 Å². The largest absolute Gasteiger partial charge is 0.379 e. The maximum Gasteiger partial charge on any atom is 0.0591 e. The van der Waals surface area contributed by atoms with Crippen LogP contribution in [0.25, 0.3) is 0 Å². The van der Waals surface area contributed by atoms with Gasteiger partial charge in [-0.15, -0.1) is 0 Å². The maximum atomic E-state index is 5.98. The normalized spacial score (nSPS) is 19.8. The predicted molar refractivity (Wildman–Crippen MR) is 80.5 cm³/mol. The van der Waals surface area contributed by atoms with Crippen molar-refractivity contribution in [3.63, 3.8) is 0 Å². The van der Waals surface area contributed by atoms with Gasteiger partial charge < -0.3 is 10.5 Å². The summed E-state index contributed by atoms with van der Waals surface area (Å²) in [5, 5.41) is 0. The van der Waals surface area contributed by atoms with Crippen LogP contribution in [0.1, 0.15) is 51.2 Å². The fourth-order valence-corrected chi connectivity index (χ4v) is 2.82. The molecule has 106 valence electrons. The van der Waals surface area contributed by atoms with Gasteiger partial charge in [-0.25, -0.2) is 0 Å². The van der Waals surface area contributed by atoms with Gasteiger partial charge in [-0.3, -0.25) is 0 Å². The first kappa shape index (κ1) is 14.5. The summed E-state index contributed by atoms with van der Waals surface area (Å²) in [5.74, 6) is 0.630. The van der Waals surface area contributed by atoms with Gasteiger partial charge in [-0.1, -0.05) is 52.0 Å². The Morgan fingerprint density at radius 3 is 2.21 bits per heavy atom. The smallest absolute Gasteiger partial charge is 0.0591 e. The molecule has 0 aromatic heterocycles. The Morgan fingerprint density at radius 2 is 1.84 bits per heavy atom. The number of hydrogen-bond acceptors (Lipinski definition) is 2. The van der Waals surface area contributed by atoms with Crippen LogP contribution in [0.5, 0.6) is 0 Å². The van der Waals surface area contributed by atoms with Gasteiger partial charge >= 0.3 is 0 Å². The summed E-state index contributed by atoms with van der Waals surface area (Å²) in [4.78, 5) is 0. The zero-order valence-corrected chi connectivity index (χ0v) is 12.7. The number of ether oxygens (including phenoxy) is 1. The van der Waals surface area contributed by atoms with Gasteiger partial charge in [0.05, 0.1) is 13.2 Å². The highest BCUT2D eigenvalue weighted by Crippen LogP contribution is 2.46. The first-order valence-electron chi connectivity index (χ1n) is 7.35. The van der Waals surface area contributed by atoms with E-state index in [2.05, 4.69) is 52.0 Å².